The van der Waals surface area contributed by atoms with E-state index in [4.69, 9.17) is 5.26 Å². The van der Waals surface area contributed by atoms with Crippen LogP contribution in [-0.2, 0) is 4.79 Å². The van der Waals surface area contributed by atoms with Gasteiger partial charge < -0.3 is 10.2 Å². The van der Waals surface area contributed by atoms with Crippen LogP contribution in [0.1, 0.15) is 38.7 Å². The molecule has 1 unspecified atom stereocenters. The van der Waals surface area contributed by atoms with Crippen molar-refractivity contribution in [3.8, 4) is 6.07 Å². The highest BCUT2D eigenvalue weighted by Crippen LogP contribution is 2.16. The zero-order chi connectivity index (χ0) is 15.0. The maximum atomic E-state index is 12.0. The van der Waals surface area contributed by atoms with Crippen molar-refractivity contribution in [1.82, 2.24) is 5.32 Å². The second-order valence-electron chi connectivity index (χ2n) is 4.94. The van der Waals surface area contributed by atoms with Crippen LogP contribution in [0.25, 0.3) is 0 Å². The molecule has 0 aliphatic rings. The fraction of sp³-hybridized carbons (Fsp3) is 0.500. The number of nitriles is 1. The van der Waals surface area contributed by atoms with E-state index in [0.29, 0.717) is 5.56 Å². The first-order valence-electron chi connectivity index (χ1n) is 7.10. The topological polar surface area (TPSA) is 56.1 Å². The molecule has 20 heavy (non-hydrogen) atoms. The minimum Gasteiger partial charge on any atom is -0.363 e. The van der Waals surface area contributed by atoms with Crippen LogP contribution in [0, 0.1) is 11.3 Å². The lowest BCUT2D eigenvalue weighted by Gasteiger charge is -2.26. The third kappa shape index (κ3) is 4.58. The number of carbonyl (C=O) groups excluding carboxylic acids is 1. The highest BCUT2D eigenvalue weighted by atomic mass is 16.2. The predicted molar refractivity (Wildman–Crippen MR) is 81.6 cm³/mol. The van der Waals surface area contributed by atoms with Crippen LogP contribution in [0.2, 0.25) is 0 Å². The summed E-state index contributed by atoms with van der Waals surface area (Å²) in [5, 5.41) is 11.7. The molecule has 0 radical (unpaired) electrons. The van der Waals surface area contributed by atoms with Crippen LogP contribution in [0.3, 0.4) is 0 Å². The Morgan fingerprint density at radius 1 is 1.35 bits per heavy atom. The van der Waals surface area contributed by atoms with Crippen LogP contribution in [-0.4, -0.2) is 25.5 Å². The highest BCUT2D eigenvalue weighted by Gasteiger charge is 2.17. The van der Waals surface area contributed by atoms with Gasteiger partial charge >= 0.3 is 0 Å². The molecule has 4 heteroatoms. The molecule has 1 N–H and O–H groups in total. The number of benzene rings is 1. The lowest BCUT2D eigenvalue weighted by molar-refractivity contribution is -0.122. The van der Waals surface area contributed by atoms with Crippen molar-refractivity contribution in [2.75, 3.05) is 18.5 Å². The standard InChI is InChI=1S/C16H23N3O/c1-4-5-6-11-18-16(20)13(2)19(3)15-9-7-14(12-17)8-10-15/h7-10,13H,4-6,11H2,1-3H3,(H,18,20). The molecular formula is C16H23N3O. The van der Waals surface area contributed by atoms with E-state index in [1.807, 2.05) is 31.0 Å². The minimum atomic E-state index is -0.232. The molecule has 108 valence electrons. The summed E-state index contributed by atoms with van der Waals surface area (Å²) >= 11 is 0. The average molecular weight is 273 g/mol. The van der Waals surface area contributed by atoms with E-state index < -0.39 is 0 Å². The molecule has 1 rings (SSSR count). The van der Waals surface area contributed by atoms with Crippen molar-refractivity contribution in [1.29, 1.82) is 5.26 Å². The third-order valence-electron chi connectivity index (χ3n) is 3.44. The average Bonchev–Trinajstić information content (AvgIpc) is 2.50. The van der Waals surface area contributed by atoms with Gasteiger partial charge in [0.1, 0.15) is 6.04 Å². The molecule has 0 aliphatic heterocycles. The predicted octanol–water partition coefficient (Wildman–Crippen LogP) is 2.69. The van der Waals surface area contributed by atoms with Gasteiger partial charge in [0.15, 0.2) is 0 Å². The van der Waals surface area contributed by atoms with Gasteiger partial charge in [0, 0.05) is 19.3 Å². The summed E-state index contributed by atoms with van der Waals surface area (Å²) in [6.07, 6.45) is 3.31. The first-order chi connectivity index (χ1) is 9.60. The molecule has 0 fully saturated rings. The number of carbonyl (C=O) groups is 1. The molecule has 1 atom stereocenters. The molecule has 0 aliphatic carbocycles. The van der Waals surface area contributed by atoms with Gasteiger partial charge in [0.05, 0.1) is 11.6 Å². The van der Waals surface area contributed by atoms with Crippen molar-refractivity contribution in [3.63, 3.8) is 0 Å². The summed E-state index contributed by atoms with van der Waals surface area (Å²) in [5.41, 5.74) is 1.55. The molecule has 0 heterocycles. The molecule has 0 saturated heterocycles. The van der Waals surface area contributed by atoms with Gasteiger partial charge in [-0.2, -0.15) is 5.26 Å². The number of rotatable bonds is 7. The van der Waals surface area contributed by atoms with Crippen LogP contribution in [0.5, 0.6) is 0 Å². The molecule has 1 aromatic carbocycles. The lowest BCUT2D eigenvalue weighted by atomic mass is 10.2. The van der Waals surface area contributed by atoms with E-state index in [0.717, 1.165) is 31.5 Å². The van der Waals surface area contributed by atoms with Gasteiger partial charge in [-0.15, -0.1) is 0 Å². The number of likely N-dealkylation sites (N-methyl/N-ethyl adjacent to an activating group) is 1. The summed E-state index contributed by atoms with van der Waals surface area (Å²) in [7, 11) is 1.89. The maximum absolute atomic E-state index is 12.0. The quantitative estimate of drug-likeness (QED) is 0.777. The van der Waals surface area contributed by atoms with E-state index in [2.05, 4.69) is 18.3 Å². The fourth-order valence-electron chi connectivity index (χ4n) is 1.90. The molecule has 4 nitrogen and oxygen atoms in total. The first-order valence-corrected chi connectivity index (χ1v) is 7.10. The summed E-state index contributed by atoms with van der Waals surface area (Å²) in [4.78, 5) is 14.0. The maximum Gasteiger partial charge on any atom is 0.242 e. The Hall–Kier alpha value is -2.02. The lowest BCUT2D eigenvalue weighted by Crippen LogP contribution is -2.43. The van der Waals surface area contributed by atoms with E-state index in [1.54, 1.807) is 12.1 Å². The Kier molecular flexibility index (Phi) is 6.58. The minimum absolute atomic E-state index is 0.0352. The van der Waals surface area contributed by atoms with E-state index in [9.17, 15) is 4.79 Å². The zero-order valence-corrected chi connectivity index (χ0v) is 12.5. The first kappa shape index (κ1) is 16.0. The summed E-state index contributed by atoms with van der Waals surface area (Å²) in [6, 6.07) is 9.10. The van der Waals surface area contributed by atoms with Crippen molar-refractivity contribution in [3.05, 3.63) is 29.8 Å². The van der Waals surface area contributed by atoms with Gasteiger partial charge in [-0.25, -0.2) is 0 Å². The summed E-state index contributed by atoms with van der Waals surface area (Å²) in [5.74, 6) is 0.0352. The molecule has 1 aromatic rings. The molecule has 1 amide bonds. The van der Waals surface area contributed by atoms with Crippen LogP contribution < -0.4 is 10.2 Å². The van der Waals surface area contributed by atoms with Crippen LogP contribution in [0.15, 0.2) is 24.3 Å². The molecule has 0 bridgehead atoms. The van der Waals surface area contributed by atoms with Crippen molar-refractivity contribution < 1.29 is 4.79 Å². The number of unbranched alkanes of at least 4 members (excludes halogenated alkanes) is 2. The van der Waals surface area contributed by atoms with Crippen molar-refractivity contribution >= 4 is 11.6 Å². The van der Waals surface area contributed by atoms with Gasteiger partial charge in [-0.3, -0.25) is 4.79 Å². The van der Waals surface area contributed by atoms with E-state index in [-0.39, 0.29) is 11.9 Å². The van der Waals surface area contributed by atoms with Gasteiger partial charge in [-0.05, 0) is 37.6 Å². The largest absolute Gasteiger partial charge is 0.363 e. The SMILES string of the molecule is CCCCCNC(=O)C(C)N(C)c1ccc(C#N)cc1. The van der Waals surface area contributed by atoms with E-state index in [1.165, 1.54) is 0 Å². The van der Waals surface area contributed by atoms with Gasteiger partial charge in [0.25, 0.3) is 0 Å². The zero-order valence-electron chi connectivity index (χ0n) is 12.5. The van der Waals surface area contributed by atoms with Crippen LogP contribution >= 0.6 is 0 Å². The molecule has 0 saturated carbocycles. The molecule has 0 spiro atoms. The van der Waals surface area contributed by atoms with Gasteiger partial charge in [0.2, 0.25) is 5.91 Å². The van der Waals surface area contributed by atoms with Crippen molar-refractivity contribution in [2.45, 2.75) is 39.2 Å². The molecular weight excluding hydrogens is 250 g/mol. The fourth-order valence-corrected chi connectivity index (χ4v) is 1.90. The Morgan fingerprint density at radius 3 is 2.55 bits per heavy atom. The Balaban J connectivity index is 2.54. The number of amides is 1. The third-order valence-corrected chi connectivity index (χ3v) is 3.44. The monoisotopic (exact) mass is 273 g/mol. The molecule has 0 aromatic heterocycles. The number of anilines is 1. The number of nitrogens with zero attached hydrogens (tertiary/aromatic N) is 2. The number of nitrogens with one attached hydrogen (secondary N) is 1. The Morgan fingerprint density at radius 2 is 2.00 bits per heavy atom. The Labute approximate surface area is 121 Å². The second kappa shape index (κ2) is 8.21. The summed E-state index contributed by atoms with van der Waals surface area (Å²) in [6.45, 7) is 4.76. The number of hydrogen-bond acceptors (Lipinski definition) is 3. The van der Waals surface area contributed by atoms with E-state index >= 15 is 0 Å². The second-order valence-corrected chi connectivity index (χ2v) is 4.94. The Bertz CT molecular complexity index is 462. The van der Waals surface area contributed by atoms with Gasteiger partial charge in [-0.1, -0.05) is 19.8 Å². The normalized spacial score (nSPS) is 11.5. The highest BCUT2D eigenvalue weighted by molar-refractivity contribution is 5.84. The number of hydrogen-bond donors (Lipinski definition) is 1. The van der Waals surface area contributed by atoms with Crippen molar-refractivity contribution in [2.24, 2.45) is 0 Å². The smallest absolute Gasteiger partial charge is 0.242 e. The summed E-state index contributed by atoms with van der Waals surface area (Å²) < 4.78 is 0. The van der Waals surface area contributed by atoms with Crippen LogP contribution in [0.4, 0.5) is 5.69 Å².